The van der Waals surface area contributed by atoms with Gasteiger partial charge in [0.05, 0.1) is 12.1 Å². The van der Waals surface area contributed by atoms with Crippen molar-refractivity contribution in [3.8, 4) is 0 Å². The molecule has 0 amide bonds. The largest absolute Gasteiger partial charge is 0.459 e. The average molecular weight is 440 g/mol. The highest BCUT2D eigenvalue weighted by molar-refractivity contribution is 5.87. The van der Waals surface area contributed by atoms with Crippen LogP contribution in [-0.2, 0) is 19.1 Å². The van der Waals surface area contributed by atoms with Gasteiger partial charge >= 0.3 is 11.9 Å². The lowest BCUT2D eigenvalue weighted by Crippen LogP contribution is -2.63. The third kappa shape index (κ3) is 5.00. The first-order valence-electron chi connectivity index (χ1n) is 12.0. The minimum absolute atomic E-state index is 0. The van der Waals surface area contributed by atoms with Crippen molar-refractivity contribution in [2.24, 2.45) is 0 Å². The van der Waals surface area contributed by atoms with Crippen molar-refractivity contribution in [1.29, 1.82) is 0 Å². The monoisotopic (exact) mass is 439 g/mol. The fourth-order valence-corrected chi connectivity index (χ4v) is 3.35. The molecule has 9 heteroatoms. The van der Waals surface area contributed by atoms with Gasteiger partial charge < -0.3 is 24.8 Å². The molecule has 0 radical (unpaired) electrons. The second-order valence-electron chi connectivity index (χ2n) is 7.15. The first-order chi connectivity index (χ1) is 15.4. The lowest BCUT2D eigenvalue weighted by atomic mass is 9.81. The molecule has 0 bridgehead atoms. The van der Waals surface area contributed by atoms with E-state index in [1.165, 1.54) is 0 Å². The number of ether oxygens (including phenoxy) is 2. The Bertz CT molecular complexity index is 859. The number of fused-ring (bicyclic) bond motifs is 1. The molecule has 0 saturated carbocycles. The number of hydrogen-bond acceptors (Lipinski definition) is 8. The average Bonchev–Trinajstić information content (AvgIpc) is 3.31. The van der Waals surface area contributed by atoms with Crippen molar-refractivity contribution in [2.45, 2.75) is 70.3 Å². The highest BCUT2D eigenvalue weighted by Gasteiger charge is 2.54. The maximum atomic E-state index is 12.9. The van der Waals surface area contributed by atoms with Crippen LogP contribution in [0.5, 0.6) is 0 Å². The molecule has 0 aromatic rings. The Hall–Kier alpha value is -1.45. The Balaban J connectivity index is 0.00000612. The summed E-state index contributed by atoms with van der Waals surface area (Å²) in [5.41, 5.74) is -6.82. The van der Waals surface area contributed by atoms with E-state index < -0.39 is 61.7 Å². The Labute approximate surface area is 186 Å². The van der Waals surface area contributed by atoms with Gasteiger partial charge in [-0.05, 0) is 46.5 Å². The van der Waals surface area contributed by atoms with E-state index in [2.05, 4.69) is 0 Å². The molecule has 0 aromatic carbocycles. The van der Waals surface area contributed by atoms with Crippen LogP contribution >= 0.6 is 12.4 Å². The maximum Gasteiger partial charge on any atom is 0.344 e. The summed E-state index contributed by atoms with van der Waals surface area (Å²) in [6.45, 7) is -2.95. The number of esters is 2. The van der Waals surface area contributed by atoms with Gasteiger partial charge in [0.2, 0.25) is 5.60 Å². The number of rotatable bonds is 7. The molecule has 2 heterocycles. The molecule has 166 valence electrons. The number of aliphatic hydroxyl groups is 3. The van der Waals surface area contributed by atoms with Gasteiger partial charge in [0.1, 0.15) is 18.3 Å². The zero-order chi connectivity index (χ0) is 26.3. The molecule has 8 nitrogen and oxygen atoms in total. The minimum Gasteiger partial charge on any atom is -0.459 e. The van der Waals surface area contributed by atoms with Crippen LogP contribution in [0.2, 0.25) is 0 Å². The number of allylic oxidation sites excluding steroid dienone is 1. The number of carbonyl (C=O) groups is 2. The SMILES string of the molecule is Cl.[2H]C([2H])([2H])C(O)(C([2H])([2H])[2H])[C@@](O)(C(=O)OCC1=CCN2CC[C@@H](OC(=O)/C(C)=C\C)[C@@H]12)[C@H](C)O. The van der Waals surface area contributed by atoms with E-state index in [0.29, 0.717) is 30.7 Å². The Morgan fingerprint density at radius 1 is 1.45 bits per heavy atom. The second-order valence-corrected chi connectivity index (χ2v) is 7.15. The van der Waals surface area contributed by atoms with Gasteiger partial charge in [0.15, 0.2) is 0 Å². The number of nitrogens with zero attached hydrogens (tertiary/aromatic N) is 1. The molecule has 0 aliphatic carbocycles. The molecule has 4 atom stereocenters. The standard InChI is InChI=1S/C20H31NO7.ClH/c1-6-12(2)17(23)28-15-8-10-21-9-7-14(16(15)21)11-27-18(24)20(26,13(3)22)19(4,5)25;/h6-7,13,15-16,22,25-26H,8-11H2,1-5H3;1H/b12-6-;/t13-,15+,16+,20-;/m0./s1/i4D3,5D3;. The summed E-state index contributed by atoms with van der Waals surface area (Å²) < 4.78 is 55.6. The fourth-order valence-electron chi connectivity index (χ4n) is 3.35. The van der Waals surface area contributed by atoms with Crippen molar-refractivity contribution >= 4 is 24.3 Å². The summed E-state index contributed by atoms with van der Waals surface area (Å²) in [5.74, 6) is -2.31. The molecule has 0 aromatic heterocycles. The number of aliphatic hydroxyl groups excluding tert-OH is 1. The lowest BCUT2D eigenvalue weighted by Gasteiger charge is -2.38. The van der Waals surface area contributed by atoms with Crippen LogP contribution in [0.25, 0.3) is 0 Å². The predicted octanol–water partition coefficient (Wildman–Crippen LogP) is 0.726. The van der Waals surface area contributed by atoms with Gasteiger partial charge in [-0.3, -0.25) is 4.90 Å². The summed E-state index contributed by atoms with van der Waals surface area (Å²) >= 11 is 0. The molecule has 1 fully saturated rings. The van der Waals surface area contributed by atoms with Crippen LogP contribution in [0.4, 0.5) is 0 Å². The Kier molecular flexibility index (Phi) is 5.70. The fraction of sp³-hybridized carbons (Fsp3) is 0.700. The summed E-state index contributed by atoms with van der Waals surface area (Å²) in [4.78, 5) is 27.0. The lowest BCUT2D eigenvalue weighted by molar-refractivity contribution is -0.213. The van der Waals surface area contributed by atoms with Gasteiger partial charge in [0, 0.05) is 26.9 Å². The third-order valence-corrected chi connectivity index (χ3v) is 5.26. The van der Waals surface area contributed by atoms with Gasteiger partial charge in [-0.1, -0.05) is 12.2 Å². The van der Waals surface area contributed by atoms with Gasteiger partial charge in [0.25, 0.3) is 0 Å². The van der Waals surface area contributed by atoms with Gasteiger partial charge in [-0.2, -0.15) is 0 Å². The topological polar surface area (TPSA) is 117 Å². The normalized spacial score (nSPS) is 29.3. The van der Waals surface area contributed by atoms with E-state index in [-0.39, 0.29) is 12.4 Å². The van der Waals surface area contributed by atoms with E-state index in [9.17, 15) is 24.9 Å². The molecule has 0 unspecified atom stereocenters. The van der Waals surface area contributed by atoms with E-state index in [1.54, 1.807) is 26.0 Å². The van der Waals surface area contributed by atoms with Crippen LogP contribution in [0.1, 0.15) is 49.1 Å². The van der Waals surface area contributed by atoms with Gasteiger partial charge in [-0.15, -0.1) is 12.4 Å². The van der Waals surface area contributed by atoms with E-state index in [4.69, 9.17) is 17.7 Å². The number of halogens is 1. The second kappa shape index (κ2) is 9.57. The molecule has 2 aliphatic heterocycles. The molecule has 0 spiro atoms. The molecular formula is C20H32ClNO7. The minimum atomic E-state index is -4.02. The summed E-state index contributed by atoms with van der Waals surface area (Å²) in [5, 5.41) is 31.6. The number of carbonyl (C=O) groups excluding carboxylic acids is 2. The molecule has 29 heavy (non-hydrogen) atoms. The Morgan fingerprint density at radius 2 is 2.10 bits per heavy atom. The molecule has 1 saturated heterocycles. The highest BCUT2D eigenvalue weighted by Crippen LogP contribution is 2.33. The third-order valence-electron chi connectivity index (χ3n) is 5.26. The van der Waals surface area contributed by atoms with Crippen LogP contribution in [0.3, 0.4) is 0 Å². The van der Waals surface area contributed by atoms with Crippen LogP contribution in [0, 0.1) is 0 Å². The van der Waals surface area contributed by atoms with E-state index in [1.807, 2.05) is 4.90 Å². The predicted molar refractivity (Wildman–Crippen MR) is 109 cm³/mol. The van der Waals surface area contributed by atoms with Crippen molar-refractivity contribution < 1.29 is 42.6 Å². The van der Waals surface area contributed by atoms with Crippen molar-refractivity contribution in [2.75, 3.05) is 19.7 Å². The molecular weight excluding hydrogens is 402 g/mol. The molecule has 2 rings (SSSR count). The van der Waals surface area contributed by atoms with E-state index >= 15 is 0 Å². The zero-order valence-corrected chi connectivity index (χ0v) is 17.4. The quantitative estimate of drug-likeness (QED) is 0.302. The molecule has 2 aliphatic rings. The van der Waals surface area contributed by atoms with Crippen LogP contribution < -0.4 is 0 Å². The summed E-state index contributed by atoms with van der Waals surface area (Å²) in [6, 6.07) is -0.440. The maximum absolute atomic E-state index is 12.9. The van der Waals surface area contributed by atoms with Crippen molar-refractivity contribution in [1.82, 2.24) is 4.90 Å². The van der Waals surface area contributed by atoms with Crippen LogP contribution in [0.15, 0.2) is 23.3 Å². The Morgan fingerprint density at radius 3 is 2.66 bits per heavy atom. The summed E-state index contributed by atoms with van der Waals surface area (Å²) in [7, 11) is 0. The molecule has 3 N–H and O–H groups in total. The van der Waals surface area contributed by atoms with Gasteiger partial charge in [-0.25, -0.2) is 9.59 Å². The van der Waals surface area contributed by atoms with E-state index in [0.717, 1.165) is 6.92 Å². The van der Waals surface area contributed by atoms with Crippen LogP contribution in [-0.4, -0.2) is 81.3 Å². The van der Waals surface area contributed by atoms with Crippen molar-refractivity contribution in [3.63, 3.8) is 0 Å². The smallest absolute Gasteiger partial charge is 0.344 e. The summed E-state index contributed by atoms with van der Waals surface area (Å²) in [6.07, 6.45) is 0.974. The highest BCUT2D eigenvalue weighted by atomic mass is 35.5. The first kappa shape index (κ1) is 17.3. The number of hydrogen-bond donors (Lipinski definition) is 3. The zero-order valence-electron chi connectivity index (χ0n) is 22.5. The first-order valence-corrected chi connectivity index (χ1v) is 9.00. The van der Waals surface area contributed by atoms with Crippen molar-refractivity contribution in [3.05, 3.63) is 23.3 Å².